The first-order valence-corrected chi connectivity index (χ1v) is 12.1. The first kappa shape index (κ1) is 27.5. The van der Waals surface area contributed by atoms with Crippen LogP contribution in [0.3, 0.4) is 0 Å². The molecular formula is C24H27ClN8O6. The molecule has 0 saturated carbocycles. The molecule has 0 radical (unpaired) electrons. The van der Waals surface area contributed by atoms with Gasteiger partial charge in [-0.05, 0) is 19.2 Å². The average Bonchev–Trinajstić information content (AvgIpc) is 2.90. The van der Waals surface area contributed by atoms with E-state index in [2.05, 4.69) is 25.5 Å². The quantitative estimate of drug-likeness (QED) is 0.257. The van der Waals surface area contributed by atoms with Crippen LogP contribution >= 0.6 is 11.6 Å². The Kier molecular flexibility index (Phi) is 8.36. The van der Waals surface area contributed by atoms with Crippen molar-refractivity contribution in [2.24, 2.45) is 5.73 Å². The summed E-state index contributed by atoms with van der Waals surface area (Å²) in [5.74, 6) is 1.23. The molecule has 1 amide bonds. The van der Waals surface area contributed by atoms with Crippen molar-refractivity contribution in [3.8, 4) is 17.2 Å². The highest BCUT2D eigenvalue weighted by atomic mass is 35.5. The molecule has 2 aromatic carbocycles. The van der Waals surface area contributed by atoms with Crippen molar-refractivity contribution in [1.29, 1.82) is 0 Å². The zero-order valence-corrected chi connectivity index (χ0v) is 22.2. The van der Waals surface area contributed by atoms with Gasteiger partial charge in [0.05, 0.1) is 36.7 Å². The number of primary amides is 1. The number of amides is 1. The largest absolute Gasteiger partial charge is 0.495 e. The van der Waals surface area contributed by atoms with E-state index in [9.17, 15) is 14.9 Å². The lowest BCUT2D eigenvalue weighted by atomic mass is 10.1. The molecule has 206 valence electrons. The number of hydrogen-bond donors (Lipinski definition) is 3. The fraction of sp³-hybridized carbons (Fsp3) is 0.292. The van der Waals surface area contributed by atoms with Gasteiger partial charge in [0.15, 0.2) is 5.82 Å². The van der Waals surface area contributed by atoms with Crippen LogP contribution in [-0.4, -0.2) is 73.3 Å². The van der Waals surface area contributed by atoms with Crippen molar-refractivity contribution in [2.75, 3.05) is 63.0 Å². The van der Waals surface area contributed by atoms with E-state index in [1.54, 1.807) is 12.1 Å². The first-order valence-electron chi connectivity index (χ1n) is 11.7. The van der Waals surface area contributed by atoms with Crippen LogP contribution in [0.25, 0.3) is 0 Å². The molecule has 1 fully saturated rings. The Balaban J connectivity index is 1.65. The summed E-state index contributed by atoms with van der Waals surface area (Å²) in [5, 5.41) is 18.1. The number of anilines is 5. The number of hydrogen-bond acceptors (Lipinski definition) is 12. The second-order valence-corrected chi connectivity index (χ2v) is 8.92. The minimum atomic E-state index is -0.973. The number of nitrogens with zero attached hydrogens (tertiary/aromatic N) is 5. The van der Waals surface area contributed by atoms with E-state index in [0.717, 1.165) is 13.1 Å². The Labute approximate surface area is 228 Å². The number of benzene rings is 2. The number of piperazine rings is 1. The third-order valence-corrected chi connectivity index (χ3v) is 6.25. The molecule has 0 unspecified atom stereocenters. The van der Waals surface area contributed by atoms with E-state index in [-0.39, 0.29) is 28.2 Å². The van der Waals surface area contributed by atoms with Crippen LogP contribution in [0.2, 0.25) is 5.02 Å². The molecule has 1 aliphatic rings. The fourth-order valence-corrected chi connectivity index (χ4v) is 4.14. The van der Waals surface area contributed by atoms with Crippen molar-refractivity contribution in [3.63, 3.8) is 0 Å². The van der Waals surface area contributed by atoms with Crippen LogP contribution in [0.4, 0.5) is 39.3 Å². The molecule has 1 saturated heterocycles. The van der Waals surface area contributed by atoms with Crippen molar-refractivity contribution in [1.82, 2.24) is 14.9 Å². The summed E-state index contributed by atoms with van der Waals surface area (Å²) >= 11 is 6.33. The molecule has 14 nitrogen and oxygen atoms in total. The van der Waals surface area contributed by atoms with Gasteiger partial charge in [0.1, 0.15) is 28.0 Å². The predicted molar refractivity (Wildman–Crippen MR) is 146 cm³/mol. The SMILES string of the molecule is COc1cc(N2CCN(C)CC2)c([N+](=O)[O-])cc1Nc1ncc(Cl)c(Nc2cc(OC(N)=O)ccc2OC)n1. The number of nitrogens with two attached hydrogens (primary N) is 1. The topological polar surface area (TPSA) is 170 Å². The van der Waals surface area contributed by atoms with Gasteiger partial charge in [0.2, 0.25) is 5.95 Å². The zero-order chi connectivity index (χ0) is 28.1. The van der Waals surface area contributed by atoms with Gasteiger partial charge in [-0.3, -0.25) is 10.1 Å². The fourth-order valence-electron chi connectivity index (χ4n) is 4.00. The van der Waals surface area contributed by atoms with Crippen molar-refractivity contribution < 1.29 is 23.9 Å². The number of nitro groups is 1. The predicted octanol–water partition coefficient (Wildman–Crippen LogP) is 3.75. The van der Waals surface area contributed by atoms with Crippen LogP contribution in [-0.2, 0) is 0 Å². The number of carbonyl (C=O) groups excluding carboxylic acids is 1. The molecule has 0 spiro atoms. The molecule has 4 rings (SSSR count). The van der Waals surface area contributed by atoms with Crippen molar-refractivity contribution in [3.05, 3.63) is 51.7 Å². The molecule has 2 heterocycles. The molecule has 3 aromatic rings. The summed E-state index contributed by atoms with van der Waals surface area (Å²) in [6, 6.07) is 7.59. The lowest BCUT2D eigenvalue weighted by molar-refractivity contribution is -0.384. The number of methoxy groups -OCH3 is 2. The Hall–Kier alpha value is -4.56. The number of nitro benzene ring substituents is 1. The molecule has 0 atom stereocenters. The summed E-state index contributed by atoms with van der Waals surface area (Å²) in [6.45, 7) is 2.88. The Bertz CT molecular complexity index is 1380. The summed E-state index contributed by atoms with van der Waals surface area (Å²) in [7, 11) is 4.95. The molecule has 15 heteroatoms. The second-order valence-electron chi connectivity index (χ2n) is 8.51. The summed E-state index contributed by atoms with van der Waals surface area (Å²) in [5.41, 5.74) is 6.18. The molecule has 0 bridgehead atoms. The zero-order valence-electron chi connectivity index (χ0n) is 21.4. The van der Waals surface area contributed by atoms with E-state index < -0.39 is 11.0 Å². The maximum Gasteiger partial charge on any atom is 0.409 e. The Morgan fingerprint density at radius 1 is 1.08 bits per heavy atom. The molecule has 1 aliphatic heterocycles. The highest BCUT2D eigenvalue weighted by Gasteiger charge is 2.26. The van der Waals surface area contributed by atoms with Crippen LogP contribution in [0, 0.1) is 10.1 Å². The monoisotopic (exact) mass is 558 g/mol. The van der Waals surface area contributed by atoms with E-state index in [1.165, 1.54) is 38.6 Å². The number of likely N-dealkylation sites (N-methyl/N-ethyl adjacent to an activating group) is 1. The number of carbonyl (C=O) groups is 1. The molecule has 0 aliphatic carbocycles. The summed E-state index contributed by atoms with van der Waals surface area (Å²) in [6.07, 6.45) is 0.383. The normalized spacial score (nSPS) is 13.5. The number of ether oxygens (including phenoxy) is 3. The summed E-state index contributed by atoms with van der Waals surface area (Å²) in [4.78, 5) is 35.4. The number of nitrogens with one attached hydrogen (secondary N) is 2. The van der Waals surface area contributed by atoms with Gasteiger partial charge in [0.25, 0.3) is 5.69 Å². The standard InChI is InChI=1S/C24H27ClN8O6/c1-31-6-8-32(9-7-31)18-12-21(38-3)17(11-19(18)33(35)36)29-24-27-13-15(25)22(30-24)28-16-10-14(39-23(26)34)4-5-20(16)37-2/h4-5,10-13H,6-9H2,1-3H3,(H2,26,34)(H2,27,28,29,30). The summed E-state index contributed by atoms with van der Waals surface area (Å²) < 4.78 is 15.8. The third-order valence-electron chi connectivity index (χ3n) is 5.97. The van der Waals surface area contributed by atoms with E-state index in [4.69, 9.17) is 31.5 Å². The molecule has 39 heavy (non-hydrogen) atoms. The molecule has 4 N–H and O–H groups in total. The van der Waals surface area contributed by atoms with E-state index in [0.29, 0.717) is 41.7 Å². The minimum absolute atomic E-state index is 0.0776. The van der Waals surface area contributed by atoms with Gasteiger partial charge in [-0.1, -0.05) is 11.6 Å². The van der Waals surface area contributed by atoms with Gasteiger partial charge in [-0.2, -0.15) is 4.98 Å². The highest BCUT2D eigenvalue weighted by Crippen LogP contribution is 2.40. The van der Waals surface area contributed by atoms with E-state index >= 15 is 0 Å². The maximum atomic E-state index is 12.0. The van der Waals surface area contributed by atoms with Crippen LogP contribution in [0.5, 0.6) is 17.2 Å². The van der Waals surface area contributed by atoms with Gasteiger partial charge < -0.3 is 40.4 Å². The lowest BCUT2D eigenvalue weighted by Gasteiger charge is -2.34. The first-order chi connectivity index (χ1) is 18.7. The van der Waals surface area contributed by atoms with Gasteiger partial charge in [-0.25, -0.2) is 9.78 Å². The third kappa shape index (κ3) is 6.48. The minimum Gasteiger partial charge on any atom is -0.495 e. The number of halogens is 1. The highest BCUT2D eigenvalue weighted by molar-refractivity contribution is 6.33. The van der Waals surface area contributed by atoms with Crippen molar-refractivity contribution in [2.45, 2.75) is 0 Å². The van der Waals surface area contributed by atoms with Gasteiger partial charge in [0, 0.05) is 44.4 Å². The Morgan fingerprint density at radius 2 is 1.77 bits per heavy atom. The molecule has 1 aromatic heterocycles. The maximum absolute atomic E-state index is 12.0. The van der Waals surface area contributed by atoms with Gasteiger partial charge in [-0.15, -0.1) is 0 Å². The van der Waals surface area contributed by atoms with E-state index in [1.807, 2.05) is 11.9 Å². The number of rotatable bonds is 9. The van der Waals surface area contributed by atoms with Gasteiger partial charge >= 0.3 is 6.09 Å². The van der Waals surface area contributed by atoms with Crippen molar-refractivity contribution >= 4 is 52.2 Å². The van der Waals surface area contributed by atoms with Crippen LogP contribution < -0.4 is 35.5 Å². The second kappa shape index (κ2) is 11.9. The van der Waals surface area contributed by atoms with Crippen LogP contribution in [0.1, 0.15) is 0 Å². The number of aromatic nitrogens is 2. The average molecular weight is 559 g/mol. The smallest absolute Gasteiger partial charge is 0.409 e. The van der Waals surface area contributed by atoms with Crippen LogP contribution in [0.15, 0.2) is 36.5 Å². The lowest BCUT2D eigenvalue weighted by Crippen LogP contribution is -2.44. The Morgan fingerprint density at radius 3 is 2.41 bits per heavy atom. The molecular weight excluding hydrogens is 532 g/mol.